The SMILES string of the molecule is C=CCN(CC=C)C(=O)CCCc1nc2ccccc2s1. The van der Waals surface area contributed by atoms with Gasteiger partial charge in [0.05, 0.1) is 15.2 Å². The summed E-state index contributed by atoms with van der Waals surface area (Å²) in [5.41, 5.74) is 1.05. The van der Waals surface area contributed by atoms with E-state index in [2.05, 4.69) is 24.2 Å². The molecule has 0 fully saturated rings. The van der Waals surface area contributed by atoms with Crippen LogP contribution in [-0.2, 0) is 11.2 Å². The lowest BCUT2D eigenvalue weighted by Gasteiger charge is -2.18. The van der Waals surface area contributed by atoms with Gasteiger partial charge in [0.2, 0.25) is 5.91 Å². The van der Waals surface area contributed by atoms with Crippen molar-refractivity contribution in [1.29, 1.82) is 0 Å². The summed E-state index contributed by atoms with van der Waals surface area (Å²) in [4.78, 5) is 18.4. The maximum absolute atomic E-state index is 12.1. The van der Waals surface area contributed by atoms with E-state index < -0.39 is 0 Å². The molecule has 0 aliphatic rings. The molecule has 0 aliphatic carbocycles. The molecule has 1 heterocycles. The lowest BCUT2D eigenvalue weighted by atomic mass is 10.2. The molecule has 0 radical (unpaired) electrons. The molecule has 2 rings (SSSR count). The van der Waals surface area contributed by atoms with Gasteiger partial charge in [0.25, 0.3) is 0 Å². The van der Waals surface area contributed by atoms with Crippen molar-refractivity contribution in [3.8, 4) is 0 Å². The molecule has 0 atom stereocenters. The van der Waals surface area contributed by atoms with Crippen molar-refractivity contribution in [2.45, 2.75) is 19.3 Å². The summed E-state index contributed by atoms with van der Waals surface area (Å²) in [6, 6.07) is 8.13. The van der Waals surface area contributed by atoms with Gasteiger partial charge in [-0.3, -0.25) is 4.79 Å². The van der Waals surface area contributed by atoms with E-state index in [1.165, 1.54) is 4.70 Å². The monoisotopic (exact) mass is 300 g/mol. The summed E-state index contributed by atoms with van der Waals surface area (Å²) < 4.78 is 1.21. The third kappa shape index (κ3) is 4.26. The van der Waals surface area contributed by atoms with Crippen molar-refractivity contribution < 1.29 is 4.79 Å². The molecule has 0 unspecified atom stereocenters. The Bertz CT molecular complexity index is 590. The van der Waals surface area contributed by atoms with Gasteiger partial charge >= 0.3 is 0 Å². The predicted octanol–water partition coefficient (Wildman–Crippen LogP) is 3.82. The maximum Gasteiger partial charge on any atom is 0.223 e. The smallest absolute Gasteiger partial charge is 0.223 e. The van der Waals surface area contributed by atoms with E-state index in [0.717, 1.165) is 23.4 Å². The summed E-state index contributed by atoms with van der Waals surface area (Å²) >= 11 is 1.71. The minimum Gasteiger partial charge on any atom is -0.335 e. The van der Waals surface area contributed by atoms with Crippen LogP contribution in [-0.4, -0.2) is 28.9 Å². The Morgan fingerprint density at radius 3 is 2.62 bits per heavy atom. The minimum absolute atomic E-state index is 0.149. The van der Waals surface area contributed by atoms with Crippen LogP contribution < -0.4 is 0 Å². The lowest BCUT2D eigenvalue weighted by molar-refractivity contribution is -0.130. The van der Waals surface area contributed by atoms with Crippen LogP contribution in [0.1, 0.15) is 17.8 Å². The van der Waals surface area contributed by atoms with Crippen molar-refractivity contribution >= 4 is 27.5 Å². The predicted molar refractivity (Wildman–Crippen MR) is 89.5 cm³/mol. The van der Waals surface area contributed by atoms with Gasteiger partial charge < -0.3 is 4.90 Å². The summed E-state index contributed by atoms with van der Waals surface area (Å²) in [5, 5.41) is 1.10. The summed E-state index contributed by atoms with van der Waals surface area (Å²) in [6.45, 7) is 8.51. The van der Waals surface area contributed by atoms with Gasteiger partial charge in [-0.2, -0.15) is 0 Å². The standard InChI is InChI=1S/C17H20N2OS/c1-3-12-19(13-4-2)17(20)11-7-10-16-18-14-8-5-6-9-15(14)21-16/h3-6,8-9H,1-2,7,10-13H2. The zero-order chi connectivity index (χ0) is 15.1. The fourth-order valence-electron chi connectivity index (χ4n) is 2.17. The molecule has 1 amide bonds. The molecule has 3 nitrogen and oxygen atoms in total. The first kappa shape index (κ1) is 15.4. The number of amides is 1. The second-order valence-electron chi connectivity index (χ2n) is 4.80. The highest BCUT2D eigenvalue weighted by atomic mass is 32.1. The molecular formula is C17H20N2OS. The first-order valence-corrected chi connectivity index (χ1v) is 7.90. The third-order valence-electron chi connectivity index (χ3n) is 3.17. The van der Waals surface area contributed by atoms with Gasteiger partial charge in [-0.05, 0) is 25.0 Å². The Hall–Kier alpha value is -1.94. The van der Waals surface area contributed by atoms with E-state index >= 15 is 0 Å². The number of nitrogens with zero attached hydrogens (tertiary/aromatic N) is 2. The highest BCUT2D eigenvalue weighted by Crippen LogP contribution is 2.22. The molecule has 0 N–H and O–H groups in total. The molecular weight excluding hydrogens is 280 g/mol. The van der Waals surface area contributed by atoms with E-state index in [1.54, 1.807) is 28.4 Å². The third-order valence-corrected chi connectivity index (χ3v) is 4.27. The van der Waals surface area contributed by atoms with Crippen molar-refractivity contribution in [3.63, 3.8) is 0 Å². The summed E-state index contributed by atoms with van der Waals surface area (Å²) in [7, 11) is 0. The van der Waals surface area contributed by atoms with Crippen LogP contribution in [0.15, 0.2) is 49.6 Å². The van der Waals surface area contributed by atoms with Crippen molar-refractivity contribution in [1.82, 2.24) is 9.88 Å². The molecule has 4 heteroatoms. The van der Waals surface area contributed by atoms with Crippen LogP contribution in [0.2, 0.25) is 0 Å². The molecule has 0 aliphatic heterocycles. The highest BCUT2D eigenvalue weighted by molar-refractivity contribution is 7.18. The Kier molecular flexibility index (Phi) is 5.69. The largest absolute Gasteiger partial charge is 0.335 e. The number of para-hydroxylation sites is 1. The van der Waals surface area contributed by atoms with Crippen LogP contribution in [0.5, 0.6) is 0 Å². The molecule has 0 saturated carbocycles. The fourth-order valence-corrected chi connectivity index (χ4v) is 3.17. The first-order chi connectivity index (χ1) is 10.2. The van der Waals surface area contributed by atoms with E-state index in [1.807, 2.05) is 18.2 Å². The van der Waals surface area contributed by atoms with Gasteiger partial charge in [0.1, 0.15) is 0 Å². The van der Waals surface area contributed by atoms with E-state index in [9.17, 15) is 4.79 Å². The van der Waals surface area contributed by atoms with Crippen LogP contribution in [0.4, 0.5) is 0 Å². The molecule has 0 bridgehead atoms. The molecule has 0 saturated heterocycles. The Morgan fingerprint density at radius 2 is 1.95 bits per heavy atom. The Balaban J connectivity index is 1.86. The average Bonchev–Trinajstić information content (AvgIpc) is 2.89. The minimum atomic E-state index is 0.149. The average molecular weight is 300 g/mol. The number of rotatable bonds is 8. The van der Waals surface area contributed by atoms with Gasteiger partial charge in [-0.25, -0.2) is 4.98 Å². The Morgan fingerprint density at radius 1 is 1.24 bits per heavy atom. The molecule has 110 valence electrons. The summed E-state index contributed by atoms with van der Waals surface area (Å²) in [6.07, 6.45) is 5.70. The number of hydrogen-bond donors (Lipinski definition) is 0. The van der Waals surface area contributed by atoms with E-state index in [-0.39, 0.29) is 5.91 Å². The number of carbonyl (C=O) groups is 1. The second-order valence-corrected chi connectivity index (χ2v) is 5.92. The molecule has 1 aromatic carbocycles. The zero-order valence-electron chi connectivity index (χ0n) is 12.1. The van der Waals surface area contributed by atoms with E-state index in [4.69, 9.17) is 0 Å². The van der Waals surface area contributed by atoms with Crippen LogP contribution in [0.25, 0.3) is 10.2 Å². The number of aryl methyl sites for hydroxylation is 1. The molecule has 21 heavy (non-hydrogen) atoms. The molecule has 2 aromatic rings. The van der Waals surface area contributed by atoms with Crippen LogP contribution >= 0.6 is 11.3 Å². The second kappa shape index (κ2) is 7.74. The summed E-state index contributed by atoms with van der Waals surface area (Å²) in [5.74, 6) is 0.149. The van der Waals surface area contributed by atoms with Crippen LogP contribution in [0.3, 0.4) is 0 Å². The van der Waals surface area contributed by atoms with Gasteiger partial charge in [0, 0.05) is 19.5 Å². The van der Waals surface area contributed by atoms with Gasteiger partial charge in [0.15, 0.2) is 0 Å². The van der Waals surface area contributed by atoms with Gasteiger partial charge in [-0.1, -0.05) is 24.3 Å². The number of aromatic nitrogens is 1. The number of carbonyl (C=O) groups excluding carboxylic acids is 1. The zero-order valence-corrected chi connectivity index (χ0v) is 12.9. The Labute approximate surface area is 129 Å². The van der Waals surface area contributed by atoms with Crippen molar-refractivity contribution in [3.05, 3.63) is 54.6 Å². The molecule has 1 aromatic heterocycles. The maximum atomic E-state index is 12.1. The van der Waals surface area contributed by atoms with Crippen LogP contribution in [0, 0.1) is 0 Å². The lowest BCUT2D eigenvalue weighted by Crippen LogP contribution is -2.31. The number of hydrogen-bond acceptors (Lipinski definition) is 3. The number of benzene rings is 1. The quantitative estimate of drug-likeness (QED) is 0.694. The molecule has 0 spiro atoms. The van der Waals surface area contributed by atoms with E-state index in [0.29, 0.717) is 19.5 Å². The highest BCUT2D eigenvalue weighted by Gasteiger charge is 2.11. The normalized spacial score (nSPS) is 10.5. The first-order valence-electron chi connectivity index (χ1n) is 7.08. The van der Waals surface area contributed by atoms with Gasteiger partial charge in [-0.15, -0.1) is 24.5 Å². The van der Waals surface area contributed by atoms with Crippen molar-refractivity contribution in [2.24, 2.45) is 0 Å². The number of fused-ring (bicyclic) bond motifs is 1. The fraction of sp³-hybridized carbons (Fsp3) is 0.294. The number of thiazole rings is 1. The van der Waals surface area contributed by atoms with Crippen molar-refractivity contribution in [2.75, 3.05) is 13.1 Å². The topological polar surface area (TPSA) is 33.2 Å².